The van der Waals surface area contributed by atoms with Crippen molar-refractivity contribution >= 4 is 34.4 Å². The normalized spacial score (nSPS) is 12.2. The number of carbonyl (C=O) groups excluding carboxylic acids is 3. The predicted molar refractivity (Wildman–Crippen MR) is 163 cm³/mol. The van der Waals surface area contributed by atoms with E-state index in [1.54, 1.807) is 62.9 Å². The molecule has 3 aromatic rings. The van der Waals surface area contributed by atoms with Gasteiger partial charge in [-0.3, -0.25) is 14.6 Å². The number of nitrogens with two attached hydrogens (primary N) is 1. The number of primary amides is 1. The largest absolute Gasteiger partial charge is 0.493 e. The standard InChI is InChI=1S/C22H21N3O5.C8H12O2.C2H6/c1-28-18-11-15-16(12-19(18)29-2)24-10-7-17(15)30-14-5-3-13(4-6-14)25-21(27)22(8-9-22)20(23)26;1-4-5-6-7(2)8(9)10-3;1-2/h3-7,10-12H,8-9H2,1-2H3,(H2,23,26)(H,25,27);4H,1-2,5-6H2,3H3;1-2H3. The highest BCUT2D eigenvalue weighted by Crippen LogP contribution is 2.46. The Hall–Kier alpha value is -4.86. The summed E-state index contributed by atoms with van der Waals surface area (Å²) in [5, 5.41) is 3.51. The summed E-state index contributed by atoms with van der Waals surface area (Å²) < 4.78 is 21.1. The van der Waals surface area contributed by atoms with Crippen LogP contribution in [0.3, 0.4) is 0 Å². The van der Waals surface area contributed by atoms with Crippen LogP contribution in [-0.2, 0) is 19.1 Å². The number of hydrogen-bond acceptors (Lipinski definition) is 8. The van der Waals surface area contributed by atoms with Crippen molar-refractivity contribution in [3.8, 4) is 23.0 Å². The summed E-state index contributed by atoms with van der Waals surface area (Å²) in [5.74, 6) is 1.04. The Balaban J connectivity index is 0.000000438. The lowest BCUT2D eigenvalue weighted by Crippen LogP contribution is -2.36. The van der Waals surface area contributed by atoms with E-state index in [0.29, 0.717) is 59.0 Å². The molecule has 1 aromatic heterocycles. The third-order valence-corrected chi connectivity index (χ3v) is 6.33. The quantitative estimate of drug-likeness (QED) is 0.123. The average Bonchev–Trinajstić information content (AvgIpc) is 3.84. The molecular weight excluding hydrogens is 538 g/mol. The van der Waals surface area contributed by atoms with E-state index < -0.39 is 11.3 Å². The van der Waals surface area contributed by atoms with Gasteiger partial charge in [0.2, 0.25) is 11.8 Å². The van der Waals surface area contributed by atoms with Gasteiger partial charge in [-0.2, -0.15) is 0 Å². The van der Waals surface area contributed by atoms with Gasteiger partial charge in [0.05, 0.1) is 26.8 Å². The van der Waals surface area contributed by atoms with Gasteiger partial charge in [0, 0.05) is 28.9 Å². The van der Waals surface area contributed by atoms with Gasteiger partial charge in [0.25, 0.3) is 0 Å². The second-order valence-corrected chi connectivity index (χ2v) is 8.98. The van der Waals surface area contributed by atoms with Crippen LogP contribution < -0.4 is 25.3 Å². The van der Waals surface area contributed by atoms with Gasteiger partial charge in [-0.1, -0.05) is 26.5 Å². The minimum Gasteiger partial charge on any atom is -0.493 e. The molecule has 1 heterocycles. The summed E-state index contributed by atoms with van der Waals surface area (Å²) >= 11 is 0. The first-order valence-corrected chi connectivity index (χ1v) is 13.5. The molecule has 1 fully saturated rings. The Morgan fingerprint density at radius 3 is 2.14 bits per heavy atom. The molecule has 1 aliphatic rings. The van der Waals surface area contributed by atoms with Crippen LogP contribution in [0.25, 0.3) is 10.9 Å². The number of esters is 1. The monoisotopic (exact) mass is 577 g/mol. The number of rotatable bonds is 11. The number of methoxy groups -OCH3 is 3. The van der Waals surface area contributed by atoms with Crippen molar-refractivity contribution in [1.29, 1.82) is 0 Å². The molecule has 10 heteroatoms. The number of nitrogens with one attached hydrogen (secondary N) is 1. The van der Waals surface area contributed by atoms with Crippen LogP contribution in [-0.4, -0.2) is 44.1 Å². The van der Waals surface area contributed by atoms with Crippen molar-refractivity contribution in [2.75, 3.05) is 26.6 Å². The summed E-state index contributed by atoms with van der Waals surface area (Å²) in [5.41, 5.74) is 6.04. The molecule has 42 heavy (non-hydrogen) atoms. The second-order valence-electron chi connectivity index (χ2n) is 8.98. The molecule has 4 rings (SSSR count). The zero-order chi connectivity index (χ0) is 31.3. The Bertz CT molecular complexity index is 1410. The van der Waals surface area contributed by atoms with Gasteiger partial charge in [0.15, 0.2) is 11.5 Å². The van der Waals surface area contributed by atoms with E-state index in [-0.39, 0.29) is 11.9 Å². The lowest BCUT2D eigenvalue weighted by Gasteiger charge is -2.13. The summed E-state index contributed by atoms with van der Waals surface area (Å²) in [4.78, 5) is 38.8. The van der Waals surface area contributed by atoms with E-state index in [1.807, 2.05) is 19.9 Å². The Labute approximate surface area is 246 Å². The number of carbonyl (C=O) groups is 3. The van der Waals surface area contributed by atoms with Crippen LogP contribution >= 0.6 is 0 Å². The van der Waals surface area contributed by atoms with E-state index >= 15 is 0 Å². The molecular formula is C32H39N3O7. The maximum absolute atomic E-state index is 12.3. The molecule has 2 amide bonds. The number of nitrogens with zero attached hydrogens (tertiary/aromatic N) is 1. The topological polar surface area (TPSA) is 139 Å². The lowest BCUT2D eigenvalue weighted by molar-refractivity contribution is -0.136. The molecule has 0 bridgehead atoms. The first-order valence-electron chi connectivity index (χ1n) is 13.5. The molecule has 0 aliphatic heterocycles. The van der Waals surface area contributed by atoms with Gasteiger partial charge in [-0.15, -0.1) is 6.58 Å². The highest BCUT2D eigenvalue weighted by molar-refractivity contribution is 6.12. The number of allylic oxidation sites excluding steroid dienone is 1. The van der Waals surface area contributed by atoms with Crippen LogP contribution in [0.4, 0.5) is 5.69 Å². The third-order valence-electron chi connectivity index (χ3n) is 6.33. The van der Waals surface area contributed by atoms with E-state index in [9.17, 15) is 14.4 Å². The average molecular weight is 578 g/mol. The molecule has 1 saturated carbocycles. The fraction of sp³-hybridized carbons (Fsp3) is 0.312. The summed E-state index contributed by atoms with van der Waals surface area (Å²) in [7, 11) is 4.48. The molecule has 3 N–H and O–H groups in total. The van der Waals surface area contributed by atoms with Crippen LogP contribution in [0.1, 0.15) is 39.5 Å². The maximum Gasteiger partial charge on any atom is 0.333 e. The maximum atomic E-state index is 12.3. The molecule has 10 nitrogen and oxygen atoms in total. The zero-order valence-electron chi connectivity index (χ0n) is 24.8. The van der Waals surface area contributed by atoms with Crippen molar-refractivity contribution in [3.63, 3.8) is 0 Å². The van der Waals surface area contributed by atoms with Crippen LogP contribution in [0.15, 0.2) is 73.5 Å². The summed E-state index contributed by atoms with van der Waals surface area (Å²) in [6.07, 6.45) is 5.77. The number of benzene rings is 2. The lowest BCUT2D eigenvalue weighted by atomic mass is 10.1. The van der Waals surface area contributed by atoms with E-state index in [0.717, 1.165) is 11.8 Å². The fourth-order valence-corrected chi connectivity index (χ4v) is 3.75. The summed E-state index contributed by atoms with van der Waals surface area (Å²) in [6.45, 7) is 11.1. The third kappa shape index (κ3) is 8.33. The number of ether oxygens (including phenoxy) is 4. The molecule has 0 spiro atoms. The molecule has 0 atom stereocenters. The van der Waals surface area contributed by atoms with Crippen molar-refractivity contribution in [1.82, 2.24) is 4.98 Å². The first kappa shape index (κ1) is 33.3. The van der Waals surface area contributed by atoms with Crippen molar-refractivity contribution in [2.45, 2.75) is 39.5 Å². The van der Waals surface area contributed by atoms with E-state index in [1.165, 1.54) is 7.11 Å². The molecule has 0 radical (unpaired) electrons. The predicted octanol–water partition coefficient (Wildman–Crippen LogP) is 5.96. The van der Waals surface area contributed by atoms with Crippen LogP contribution in [0.2, 0.25) is 0 Å². The van der Waals surface area contributed by atoms with E-state index in [2.05, 4.69) is 28.2 Å². The minimum atomic E-state index is -1.06. The highest BCUT2D eigenvalue weighted by atomic mass is 16.5. The van der Waals surface area contributed by atoms with Gasteiger partial charge < -0.3 is 30.0 Å². The minimum absolute atomic E-state index is 0.332. The van der Waals surface area contributed by atoms with Crippen LogP contribution in [0, 0.1) is 5.41 Å². The Kier molecular flexibility index (Phi) is 12.5. The second kappa shape index (κ2) is 15.8. The van der Waals surface area contributed by atoms with Gasteiger partial charge in [-0.25, -0.2) is 4.79 Å². The number of fused-ring (bicyclic) bond motifs is 1. The fourth-order valence-electron chi connectivity index (χ4n) is 3.75. The molecule has 0 unspecified atom stereocenters. The Morgan fingerprint density at radius 2 is 1.62 bits per heavy atom. The van der Waals surface area contributed by atoms with Gasteiger partial charge in [0.1, 0.15) is 16.9 Å². The van der Waals surface area contributed by atoms with Crippen molar-refractivity contribution in [2.24, 2.45) is 11.1 Å². The molecule has 0 saturated heterocycles. The number of hydrogen-bond donors (Lipinski definition) is 2. The molecule has 224 valence electrons. The number of aromatic nitrogens is 1. The van der Waals surface area contributed by atoms with Crippen molar-refractivity contribution in [3.05, 3.63) is 73.5 Å². The van der Waals surface area contributed by atoms with Gasteiger partial charge in [-0.05, 0) is 62.1 Å². The summed E-state index contributed by atoms with van der Waals surface area (Å²) in [6, 6.07) is 12.2. The SMILES string of the molecule is C=CCCC(=C)C(=O)OC.CC.COc1cc2nccc(Oc3ccc(NC(=O)C4(C(N)=O)CC4)cc3)c2cc1OC. The van der Waals surface area contributed by atoms with Gasteiger partial charge >= 0.3 is 5.97 Å². The highest BCUT2D eigenvalue weighted by Gasteiger charge is 2.55. The van der Waals surface area contributed by atoms with Crippen LogP contribution in [0.5, 0.6) is 23.0 Å². The van der Waals surface area contributed by atoms with Crippen molar-refractivity contribution < 1.29 is 33.3 Å². The molecule has 2 aromatic carbocycles. The smallest absolute Gasteiger partial charge is 0.333 e. The van der Waals surface area contributed by atoms with E-state index in [4.69, 9.17) is 19.9 Å². The Morgan fingerprint density at radius 1 is 1.00 bits per heavy atom. The number of pyridine rings is 1. The molecule has 1 aliphatic carbocycles. The first-order chi connectivity index (χ1) is 20.2. The number of anilines is 1. The number of amides is 2. The zero-order valence-corrected chi connectivity index (χ0v) is 24.8.